The van der Waals surface area contributed by atoms with Crippen molar-refractivity contribution in [3.05, 3.63) is 36.2 Å². The molecule has 0 atom stereocenters. The maximum atomic E-state index is 12.6. The van der Waals surface area contributed by atoms with Crippen molar-refractivity contribution >= 4 is 16.9 Å². The molecule has 3 heterocycles. The van der Waals surface area contributed by atoms with Crippen molar-refractivity contribution in [1.29, 1.82) is 0 Å². The van der Waals surface area contributed by atoms with Gasteiger partial charge in [-0.15, -0.1) is 0 Å². The van der Waals surface area contributed by atoms with E-state index in [4.69, 9.17) is 0 Å². The van der Waals surface area contributed by atoms with Crippen LogP contribution >= 0.6 is 0 Å². The van der Waals surface area contributed by atoms with Crippen molar-refractivity contribution in [2.45, 2.75) is 25.9 Å². The Morgan fingerprint density at radius 1 is 1.08 bits per heavy atom. The number of amides is 1. The molecule has 0 saturated carbocycles. The van der Waals surface area contributed by atoms with Crippen molar-refractivity contribution in [1.82, 2.24) is 24.7 Å². The number of carbonyl (C=O) groups excluding carboxylic acids is 1. The van der Waals surface area contributed by atoms with Crippen LogP contribution in [-0.4, -0.2) is 81.9 Å². The Morgan fingerprint density at radius 2 is 1.76 bits per heavy atom. The molecule has 0 aliphatic carbocycles. The van der Waals surface area contributed by atoms with E-state index in [1.165, 1.54) is 0 Å². The monoisotopic (exact) mass is 339 g/mol. The predicted octanol–water partition coefficient (Wildman–Crippen LogP) is 1.48. The van der Waals surface area contributed by atoms with Crippen LogP contribution in [0.3, 0.4) is 0 Å². The first-order valence-corrected chi connectivity index (χ1v) is 9.11. The molecule has 1 aromatic heterocycles. The number of hydrogen-bond donors (Lipinski definition) is 0. The van der Waals surface area contributed by atoms with Gasteiger partial charge in [-0.3, -0.25) is 19.6 Å². The summed E-state index contributed by atoms with van der Waals surface area (Å²) in [6.07, 6.45) is 1.60. The summed E-state index contributed by atoms with van der Waals surface area (Å²) in [7, 11) is 0. The fraction of sp³-hybridized carbons (Fsp3) is 0.526. The molecule has 0 bridgehead atoms. The van der Waals surface area contributed by atoms with E-state index in [1.807, 2.05) is 29.2 Å². The second kappa shape index (κ2) is 6.69. The van der Waals surface area contributed by atoms with E-state index in [9.17, 15) is 4.79 Å². The fourth-order valence-corrected chi connectivity index (χ4v) is 3.69. The average Bonchev–Trinajstić information content (AvgIpc) is 2.60. The zero-order valence-corrected chi connectivity index (χ0v) is 14.9. The zero-order chi connectivity index (χ0) is 17.4. The smallest absolute Gasteiger partial charge is 0.274 e. The van der Waals surface area contributed by atoms with Gasteiger partial charge < -0.3 is 4.90 Å². The normalized spacial score (nSPS) is 20.2. The standard InChI is InChI=1S/C19H25N5O/c1-14(2)22-7-9-23(10-8-22)15-12-24(13-15)19(25)18-11-20-16-5-3-4-6-17(16)21-18/h3-6,11,14-15H,7-10,12-13H2,1-2H3. The summed E-state index contributed by atoms with van der Waals surface area (Å²) in [5.41, 5.74) is 2.04. The lowest BCUT2D eigenvalue weighted by molar-refractivity contribution is 0.00288. The Morgan fingerprint density at radius 3 is 2.44 bits per heavy atom. The van der Waals surface area contributed by atoms with Crippen LogP contribution in [0.2, 0.25) is 0 Å². The van der Waals surface area contributed by atoms with E-state index in [0.717, 1.165) is 50.3 Å². The minimum absolute atomic E-state index is 0.00433. The van der Waals surface area contributed by atoms with Gasteiger partial charge >= 0.3 is 0 Å². The van der Waals surface area contributed by atoms with Gasteiger partial charge in [-0.2, -0.15) is 0 Å². The molecule has 6 nitrogen and oxygen atoms in total. The molecule has 4 rings (SSSR count). The fourth-order valence-electron chi connectivity index (χ4n) is 3.69. The van der Waals surface area contributed by atoms with Gasteiger partial charge in [0.15, 0.2) is 0 Å². The largest absolute Gasteiger partial charge is 0.334 e. The molecule has 0 spiro atoms. The van der Waals surface area contributed by atoms with Gasteiger partial charge in [0.2, 0.25) is 0 Å². The van der Waals surface area contributed by atoms with Gasteiger partial charge in [-0.25, -0.2) is 4.98 Å². The molecular formula is C19H25N5O. The second-order valence-electron chi connectivity index (χ2n) is 7.27. The Hall–Kier alpha value is -2.05. The second-order valence-corrected chi connectivity index (χ2v) is 7.27. The molecule has 1 aromatic carbocycles. The SMILES string of the molecule is CC(C)N1CCN(C2CN(C(=O)c3cnc4ccccc4n3)C2)CC1. The summed E-state index contributed by atoms with van der Waals surface area (Å²) in [6.45, 7) is 10.6. The third-order valence-corrected chi connectivity index (χ3v) is 5.41. The number of aromatic nitrogens is 2. The maximum Gasteiger partial charge on any atom is 0.274 e. The number of likely N-dealkylation sites (tertiary alicyclic amines) is 1. The molecule has 2 aliphatic rings. The van der Waals surface area contributed by atoms with Crippen LogP contribution < -0.4 is 0 Å². The number of hydrogen-bond acceptors (Lipinski definition) is 5. The number of fused-ring (bicyclic) bond motifs is 1. The van der Waals surface area contributed by atoms with Crippen LogP contribution in [0.5, 0.6) is 0 Å². The van der Waals surface area contributed by atoms with E-state index in [1.54, 1.807) is 6.20 Å². The van der Waals surface area contributed by atoms with E-state index in [-0.39, 0.29) is 5.91 Å². The molecular weight excluding hydrogens is 314 g/mol. The van der Waals surface area contributed by atoms with Crippen LogP contribution in [0.25, 0.3) is 11.0 Å². The van der Waals surface area contributed by atoms with Crippen LogP contribution in [0.1, 0.15) is 24.3 Å². The van der Waals surface area contributed by atoms with Crippen molar-refractivity contribution in [3.8, 4) is 0 Å². The quantitative estimate of drug-likeness (QED) is 0.848. The number of rotatable bonds is 3. The Labute approximate surface area is 148 Å². The van der Waals surface area contributed by atoms with E-state index in [2.05, 4.69) is 33.6 Å². The summed E-state index contributed by atoms with van der Waals surface area (Å²) < 4.78 is 0. The molecule has 2 aromatic rings. The summed E-state index contributed by atoms with van der Waals surface area (Å²) in [6, 6.07) is 8.76. The predicted molar refractivity (Wildman–Crippen MR) is 97.5 cm³/mol. The molecule has 0 N–H and O–H groups in total. The lowest BCUT2D eigenvalue weighted by atomic mass is 10.0. The van der Waals surface area contributed by atoms with Gasteiger partial charge in [0.1, 0.15) is 5.69 Å². The number of benzene rings is 1. The minimum Gasteiger partial charge on any atom is -0.334 e. The first kappa shape index (κ1) is 16.4. The third-order valence-electron chi connectivity index (χ3n) is 5.41. The highest BCUT2D eigenvalue weighted by molar-refractivity contribution is 5.94. The zero-order valence-electron chi connectivity index (χ0n) is 14.9. The summed E-state index contributed by atoms with van der Waals surface area (Å²) in [5, 5.41) is 0. The number of piperazine rings is 1. The average molecular weight is 339 g/mol. The first-order valence-electron chi connectivity index (χ1n) is 9.11. The van der Waals surface area contributed by atoms with Gasteiger partial charge in [0.05, 0.1) is 17.2 Å². The first-order chi connectivity index (χ1) is 12.1. The van der Waals surface area contributed by atoms with E-state index in [0.29, 0.717) is 17.8 Å². The molecule has 2 fully saturated rings. The van der Waals surface area contributed by atoms with Crippen LogP contribution in [0.4, 0.5) is 0 Å². The van der Waals surface area contributed by atoms with Crippen molar-refractivity contribution in [2.24, 2.45) is 0 Å². The molecule has 25 heavy (non-hydrogen) atoms. The van der Waals surface area contributed by atoms with Crippen LogP contribution in [0, 0.1) is 0 Å². The molecule has 2 saturated heterocycles. The molecule has 0 unspecified atom stereocenters. The maximum absolute atomic E-state index is 12.6. The van der Waals surface area contributed by atoms with Crippen LogP contribution in [0.15, 0.2) is 30.5 Å². The van der Waals surface area contributed by atoms with Gasteiger partial charge in [-0.1, -0.05) is 12.1 Å². The topological polar surface area (TPSA) is 52.6 Å². The van der Waals surface area contributed by atoms with Crippen molar-refractivity contribution in [2.75, 3.05) is 39.3 Å². The van der Waals surface area contributed by atoms with Gasteiger partial charge in [-0.05, 0) is 26.0 Å². The molecule has 6 heteroatoms. The Kier molecular flexibility index (Phi) is 4.39. The highest BCUT2D eigenvalue weighted by Crippen LogP contribution is 2.20. The van der Waals surface area contributed by atoms with E-state index >= 15 is 0 Å². The van der Waals surface area contributed by atoms with Gasteiger partial charge in [0, 0.05) is 51.4 Å². The van der Waals surface area contributed by atoms with Gasteiger partial charge in [0.25, 0.3) is 5.91 Å². The lowest BCUT2D eigenvalue weighted by Crippen LogP contribution is -2.64. The molecule has 2 aliphatic heterocycles. The summed E-state index contributed by atoms with van der Waals surface area (Å²) in [4.78, 5) is 28.4. The van der Waals surface area contributed by atoms with Crippen molar-refractivity contribution < 1.29 is 4.79 Å². The summed E-state index contributed by atoms with van der Waals surface area (Å²) >= 11 is 0. The number of para-hydroxylation sites is 2. The minimum atomic E-state index is -0.00433. The van der Waals surface area contributed by atoms with Crippen molar-refractivity contribution in [3.63, 3.8) is 0 Å². The number of carbonyl (C=O) groups is 1. The lowest BCUT2D eigenvalue weighted by Gasteiger charge is -2.48. The summed E-state index contributed by atoms with van der Waals surface area (Å²) in [5.74, 6) is -0.00433. The van der Waals surface area contributed by atoms with E-state index < -0.39 is 0 Å². The number of nitrogens with zero attached hydrogens (tertiary/aromatic N) is 5. The molecule has 132 valence electrons. The van der Waals surface area contributed by atoms with Crippen LogP contribution in [-0.2, 0) is 0 Å². The third kappa shape index (κ3) is 3.24. The highest BCUT2D eigenvalue weighted by atomic mass is 16.2. The highest BCUT2D eigenvalue weighted by Gasteiger charge is 2.37. The Bertz CT molecular complexity index is 763. The molecule has 1 amide bonds. The molecule has 0 radical (unpaired) electrons. The Balaban J connectivity index is 1.34.